The summed E-state index contributed by atoms with van der Waals surface area (Å²) in [5, 5.41) is 0. The molecular weight excluding hydrogens is 402 g/mol. The first-order chi connectivity index (χ1) is 12.3. The quantitative estimate of drug-likeness (QED) is 0.747. The van der Waals surface area contributed by atoms with Crippen molar-refractivity contribution in [2.45, 2.75) is 20.3 Å². The lowest BCUT2D eigenvalue weighted by Crippen LogP contribution is -2.45. The summed E-state index contributed by atoms with van der Waals surface area (Å²) in [4.78, 5) is 38.2. The summed E-state index contributed by atoms with van der Waals surface area (Å²) in [6, 6.07) is 8.93. The Morgan fingerprint density at radius 1 is 1.23 bits per heavy atom. The number of amides is 3. The fourth-order valence-corrected chi connectivity index (χ4v) is 3.31. The van der Waals surface area contributed by atoms with Gasteiger partial charge in [-0.25, -0.2) is 0 Å². The molecule has 0 radical (unpaired) electrons. The van der Waals surface area contributed by atoms with Gasteiger partial charge < -0.3 is 9.32 Å². The normalized spacial score (nSPS) is 16.7. The third-order valence-electron chi connectivity index (χ3n) is 4.20. The van der Waals surface area contributed by atoms with E-state index in [1.165, 1.54) is 0 Å². The van der Waals surface area contributed by atoms with Crippen molar-refractivity contribution in [1.82, 2.24) is 10.9 Å². The minimum atomic E-state index is -0.533. The highest BCUT2D eigenvalue weighted by Crippen LogP contribution is 2.27. The van der Waals surface area contributed by atoms with Crippen LogP contribution in [0.15, 0.2) is 39.2 Å². The molecule has 7 nitrogen and oxygen atoms in total. The van der Waals surface area contributed by atoms with Gasteiger partial charge in [-0.2, -0.15) is 0 Å². The van der Waals surface area contributed by atoms with E-state index >= 15 is 0 Å². The van der Waals surface area contributed by atoms with E-state index in [1.807, 2.05) is 24.3 Å². The molecule has 1 saturated heterocycles. The molecule has 1 aromatic carbocycles. The molecule has 1 aliphatic heterocycles. The van der Waals surface area contributed by atoms with Crippen molar-refractivity contribution in [2.75, 3.05) is 11.4 Å². The topological polar surface area (TPSA) is 91.7 Å². The van der Waals surface area contributed by atoms with Crippen molar-refractivity contribution in [3.05, 3.63) is 51.9 Å². The van der Waals surface area contributed by atoms with E-state index in [0.717, 1.165) is 10.2 Å². The molecule has 0 aliphatic carbocycles. The predicted molar refractivity (Wildman–Crippen MR) is 98.4 cm³/mol. The molecule has 136 valence electrons. The standard InChI is InChI=1S/C18H18BrN3O4/c1-10-6-15(11(2)26-10)18(25)21-20-17(24)12-7-16(23)22(9-12)14-5-3-4-13(19)8-14/h3-6,8,12H,7,9H2,1-2H3,(H,20,24)(H,21,25). The summed E-state index contributed by atoms with van der Waals surface area (Å²) in [5.74, 6) is -0.427. The van der Waals surface area contributed by atoms with Crippen molar-refractivity contribution < 1.29 is 18.8 Å². The van der Waals surface area contributed by atoms with Crippen LogP contribution < -0.4 is 15.8 Å². The smallest absolute Gasteiger partial charge is 0.273 e. The van der Waals surface area contributed by atoms with Crippen LogP contribution in [0.3, 0.4) is 0 Å². The summed E-state index contributed by atoms with van der Waals surface area (Å²) in [6.45, 7) is 3.68. The number of rotatable bonds is 3. The number of halogens is 1. The minimum Gasteiger partial charge on any atom is -0.466 e. The summed E-state index contributed by atoms with van der Waals surface area (Å²) < 4.78 is 6.16. The average molecular weight is 420 g/mol. The van der Waals surface area contributed by atoms with Gasteiger partial charge in [-0.3, -0.25) is 25.2 Å². The van der Waals surface area contributed by atoms with E-state index < -0.39 is 17.7 Å². The number of nitrogens with zero attached hydrogens (tertiary/aromatic N) is 1. The van der Waals surface area contributed by atoms with E-state index in [4.69, 9.17) is 4.42 Å². The molecule has 1 unspecified atom stereocenters. The number of anilines is 1. The molecular formula is C18H18BrN3O4. The van der Waals surface area contributed by atoms with Crippen LogP contribution in [-0.4, -0.2) is 24.3 Å². The fraction of sp³-hybridized carbons (Fsp3) is 0.278. The molecule has 0 saturated carbocycles. The van der Waals surface area contributed by atoms with Crippen molar-refractivity contribution >= 4 is 39.3 Å². The van der Waals surface area contributed by atoms with Crippen LogP contribution in [0, 0.1) is 19.8 Å². The van der Waals surface area contributed by atoms with Gasteiger partial charge in [0, 0.05) is 23.1 Å². The highest BCUT2D eigenvalue weighted by molar-refractivity contribution is 9.10. The van der Waals surface area contributed by atoms with Crippen molar-refractivity contribution in [3.8, 4) is 0 Å². The molecule has 2 heterocycles. The highest BCUT2D eigenvalue weighted by Gasteiger charge is 2.35. The van der Waals surface area contributed by atoms with Crippen LogP contribution >= 0.6 is 15.9 Å². The Kier molecular flexibility index (Phi) is 5.13. The molecule has 3 rings (SSSR count). The van der Waals surface area contributed by atoms with Gasteiger partial charge in [-0.1, -0.05) is 22.0 Å². The number of carbonyl (C=O) groups excluding carboxylic acids is 3. The maximum Gasteiger partial charge on any atom is 0.273 e. The van der Waals surface area contributed by atoms with Crippen LogP contribution in [0.4, 0.5) is 5.69 Å². The number of hydrogen-bond donors (Lipinski definition) is 2. The third kappa shape index (κ3) is 3.80. The zero-order chi connectivity index (χ0) is 18.8. The van der Waals surface area contributed by atoms with Gasteiger partial charge in [0.1, 0.15) is 11.5 Å². The Morgan fingerprint density at radius 3 is 2.65 bits per heavy atom. The first-order valence-corrected chi connectivity index (χ1v) is 8.87. The second-order valence-electron chi connectivity index (χ2n) is 6.16. The molecule has 0 spiro atoms. The highest BCUT2D eigenvalue weighted by atomic mass is 79.9. The van der Waals surface area contributed by atoms with E-state index in [2.05, 4.69) is 26.8 Å². The lowest BCUT2D eigenvalue weighted by Gasteiger charge is -2.17. The van der Waals surface area contributed by atoms with Gasteiger partial charge in [0.2, 0.25) is 11.8 Å². The summed E-state index contributed by atoms with van der Waals surface area (Å²) in [7, 11) is 0. The number of aryl methyl sites for hydroxylation is 2. The largest absolute Gasteiger partial charge is 0.466 e. The molecule has 1 aromatic heterocycles. The Balaban J connectivity index is 1.60. The van der Waals surface area contributed by atoms with Gasteiger partial charge >= 0.3 is 0 Å². The molecule has 8 heteroatoms. The zero-order valence-corrected chi connectivity index (χ0v) is 15.9. The molecule has 3 amide bonds. The summed E-state index contributed by atoms with van der Waals surface area (Å²) in [6.07, 6.45) is 0.0953. The second-order valence-corrected chi connectivity index (χ2v) is 7.07. The van der Waals surface area contributed by atoms with Crippen LogP contribution in [0.2, 0.25) is 0 Å². The van der Waals surface area contributed by atoms with Crippen LogP contribution in [0.5, 0.6) is 0 Å². The monoisotopic (exact) mass is 419 g/mol. The maximum absolute atomic E-state index is 12.3. The molecule has 2 N–H and O–H groups in total. The average Bonchev–Trinajstić information content (AvgIpc) is 3.14. The van der Waals surface area contributed by atoms with Gasteiger partial charge in [-0.15, -0.1) is 0 Å². The Morgan fingerprint density at radius 2 is 2.00 bits per heavy atom. The van der Waals surface area contributed by atoms with Crippen LogP contribution in [0.25, 0.3) is 0 Å². The molecule has 0 bridgehead atoms. The molecule has 26 heavy (non-hydrogen) atoms. The zero-order valence-electron chi connectivity index (χ0n) is 14.3. The van der Waals surface area contributed by atoms with Crippen molar-refractivity contribution in [3.63, 3.8) is 0 Å². The number of carbonyl (C=O) groups is 3. The number of furan rings is 1. The van der Waals surface area contributed by atoms with E-state index in [1.54, 1.807) is 24.8 Å². The Bertz CT molecular complexity index is 877. The van der Waals surface area contributed by atoms with Gasteiger partial charge in [0.15, 0.2) is 0 Å². The lowest BCUT2D eigenvalue weighted by atomic mass is 10.1. The van der Waals surface area contributed by atoms with E-state index in [-0.39, 0.29) is 18.9 Å². The predicted octanol–water partition coefficient (Wildman–Crippen LogP) is 2.47. The second kappa shape index (κ2) is 7.33. The SMILES string of the molecule is Cc1cc(C(=O)NNC(=O)C2CC(=O)N(c3cccc(Br)c3)C2)c(C)o1. The fourth-order valence-electron chi connectivity index (χ4n) is 2.92. The maximum atomic E-state index is 12.3. The molecule has 2 aromatic rings. The first-order valence-electron chi connectivity index (χ1n) is 8.08. The number of nitrogens with one attached hydrogen (secondary N) is 2. The molecule has 1 atom stereocenters. The first kappa shape index (κ1) is 18.2. The van der Waals surface area contributed by atoms with E-state index in [9.17, 15) is 14.4 Å². The van der Waals surface area contributed by atoms with Gasteiger partial charge in [0.25, 0.3) is 5.91 Å². The van der Waals surface area contributed by atoms with Gasteiger partial charge in [-0.05, 0) is 38.1 Å². The summed E-state index contributed by atoms with van der Waals surface area (Å²) >= 11 is 3.37. The molecule has 1 aliphatic rings. The Hall–Kier alpha value is -2.61. The Labute approximate surface area is 158 Å². The van der Waals surface area contributed by atoms with Crippen LogP contribution in [-0.2, 0) is 9.59 Å². The van der Waals surface area contributed by atoms with Crippen LogP contribution in [0.1, 0.15) is 28.3 Å². The van der Waals surface area contributed by atoms with Crippen molar-refractivity contribution in [1.29, 1.82) is 0 Å². The lowest BCUT2D eigenvalue weighted by molar-refractivity contribution is -0.126. The third-order valence-corrected chi connectivity index (χ3v) is 4.69. The van der Waals surface area contributed by atoms with E-state index in [0.29, 0.717) is 17.1 Å². The number of hydrazine groups is 1. The van der Waals surface area contributed by atoms with Crippen molar-refractivity contribution in [2.24, 2.45) is 5.92 Å². The number of benzene rings is 1. The van der Waals surface area contributed by atoms with Gasteiger partial charge in [0.05, 0.1) is 11.5 Å². The number of hydrogen-bond acceptors (Lipinski definition) is 4. The summed E-state index contributed by atoms with van der Waals surface area (Å²) in [5.41, 5.74) is 5.86. The minimum absolute atomic E-state index is 0.0953. The molecule has 1 fully saturated rings.